The zero-order chi connectivity index (χ0) is 20.6. The highest BCUT2D eigenvalue weighted by Crippen LogP contribution is 2.35. The lowest BCUT2D eigenvalue weighted by atomic mass is 9.89. The highest BCUT2D eigenvalue weighted by atomic mass is 19.4. The molecule has 2 unspecified atom stereocenters. The van der Waals surface area contributed by atoms with Gasteiger partial charge in [0.05, 0.1) is 18.4 Å². The van der Waals surface area contributed by atoms with Crippen LogP contribution in [0.2, 0.25) is 0 Å². The van der Waals surface area contributed by atoms with Gasteiger partial charge in [-0.15, -0.1) is 0 Å². The predicted molar refractivity (Wildman–Crippen MR) is 96.5 cm³/mol. The standard InChI is InChI=1S/C20H21F3N4O2/c21-20(22,23)18-8-12-6-13(7-14(12)9-26-18)19(29)27(15-2-1-3-15)11-17(28)16-10-24-4-5-25-16/h4-5,8-10,13,15,17,28H,1-3,6-7,11H2. The second kappa shape index (κ2) is 7.70. The molecule has 1 amide bonds. The maximum Gasteiger partial charge on any atom is 0.433 e. The number of hydrogen-bond acceptors (Lipinski definition) is 5. The van der Waals surface area contributed by atoms with E-state index in [9.17, 15) is 23.1 Å². The van der Waals surface area contributed by atoms with Gasteiger partial charge in [-0.2, -0.15) is 13.2 Å². The van der Waals surface area contributed by atoms with Crippen molar-refractivity contribution in [2.75, 3.05) is 6.54 Å². The summed E-state index contributed by atoms with van der Waals surface area (Å²) >= 11 is 0. The van der Waals surface area contributed by atoms with Gasteiger partial charge in [0.2, 0.25) is 5.91 Å². The number of aliphatic hydroxyl groups is 1. The Morgan fingerprint density at radius 3 is 2.55 bits per heavy atom. The molecule has 2 aromatic rings. The maximum absolute atomic E-state index is 13.2. The van der Waals surface area contributed by atoms with Gasteiger partial charge in [0.25, 0.3) is 0 Å². The first-order valence-corrected chi connectivity index (χ1v) is 9.62. The van der Waals surface area contributed by atoms with Crippen LogP contribution in [0.4, 0.5) is 13.2 Å². The van der Waals surface area contributed by atoms with Crippen molar-refractivity contribution in [1.82, 2.24) is 19.9 Å². The van der Waals surface area contributed by atoms with Crippen LogP contribution < -0.4 is 0 Å². The molecule has 0 bridgehead atoms. The second-order valence-electron chi connectivity index (χ2n) is 7.66. The second-order valence-corrected chi connectivity index (χ2v) is 7.66. The maximum atomic E-state index is 13.2. The van der Waals surface area contributed by atoms with Gasteiger partial charge in [0.1, 0.15) is 11.8 Å². The minimum Gasteiger partial charge on any atom is -0.385 e. The van der Waals surface area contributed by atoms with Crippen LogP contribution in [0.3, 0.4) is 0 Å². The third-order valence-corrected chi connectivity index (χ3v) is 5.75. The topological polar surface area (TPSA) is 79.2 Å². The quantitative estimate of drug-likeness (QED) is 0.826. The Kier molecular flexibility index (Phi) is 5.24. The number of carbonyl (C=O) groups is 1. The number of rotatable bonds is 5. The van der Waals surface area contributed by atoms with Crippen LogP contribution in [0.5, 0.6) is 0 Å². The molecule has 1 fully saturated rings. The number of pyridine rings is 1. The van der Waals surface area contributed by atoms with E-state index >= 15 is 0 Å². The van der Waals surface area contributed by atoms with E-state index in [0.29, 0.717) is 23.2 Å². The Balaban J connectivity index is 1.49. The lowest BCUT2D eigenvalue weighted by molar-refractivity contribution is -0.141. The molecule has 1 N–H and O–H groups in total. The van der Waals surface area contributed by atoms with Crippen molar-refractivity contribution in [3.05, 3.63) is 53.4 Å². The zero-order valence-corrected chi connectivity index (χ0v) is 15.6. The number of hydrogen-bond donors (Lipinski definition) is 1. The van der Waals surface area contributed by atoms with Crippen LogP contribution in [0.25, 0.3) is 0 Å². The van der Waals surface area contributed by atoms with Gasteiger partial charge in [-0.25, -0.2) is 0 Å². The van der Waals surface area contributed by atoms with Crippen molar-refractivity contribution in [3.8, 4) is 0 Å². The predicted octanol–water partition coefficient (Wildman–Crippen LogP) is 2.72. The molecule has 2 aliphatic carbocycles. The van der Waals surface area contributed by atoms with Crippen molar-refractivity contribution in [1.29, 1.82) is 0 Å². The van der Waals surface area contributed by atoms with E-state index in [2.05, 4.69) is 15.0 Å². The summed E-state index contributed by atoms with van der Waals surface area (Å²) in [5.74, 6) is -0.577. The van der Waals surface area contributed by atoms with Crippen molar-refractivity contribution < 1.29 is 23.1 Å². The molecule has 2 heterocycles. The summed E-state index contributed by atoms with van der Waals surface area (Å²) in [6.45, 7) is 0.0983. The summed E-state index contributed by atoms with van der Waals surface area (Å²) in [7, 11) is 0. The van der Waals surface area contributed by atoms with E-state index < -0.39 is 23.9 Å². The number of fused-ring (bicyclic) bond motifs is 1. The number of aromatic nitrogens is 3. The van der Waals surface area contributed by atoms with Crippen LogP contribution in [0, 0.1) is 5.92 Å². The molecule has 2 atom stereocenters. The Hall–Kier alpha value is -2.55. The van der Waals surface area contributed by atoms with E-state index in [1.54, 1.807) is 4.90 Å². The number of alkyl halides is 3. The third kappa shape index (κ3) is 4.10. The Bertz CT molecular complexity index is 887. The highest BCUT2D eigenvalue weighted by molar-refractivity contribution is 5.81. The van der Waals surface area contributed by atoms with Gasteiger partial charge in [-0.1, -0.05) is 0 Å². The van der Waals surface area contributed by atoms with E-state index in [1.807, 2.05) is 0 Å². The molecule has 4 rings (SSSR count). The third-order valence-electron chi connectivity index (χ3n) is 5.75. The van der Waals surface area contributed by atoms with Gasteiger partial charge in [0, 0.05) is 30.6 Å². The number of amides is 1. The Morgan fingerprint density at radius 1 is 1.17 bits per heavy atom. The average Bonchev–Trinajstić information content (AvgIpc) is 3.08. The number of nitrogens with zero attached hydrogens (tertiary/aromatic N) is 4. The first kappa shape index (κ1) is 19.8. The molecular formula is C20H21F3N4O2. The van der Waals surface area contributed by atoms with Crippen molar-refractivity contribution >= 4 is 5.91 Å². The minimum atomic E-state index is -4.50. The lowest BCUT2D eigenvalue weighted by Crippen LogP contribution is -2.48. The van der Waals surface area contributed by atoms with Crippen molar-refractivity contribution in [2.24, 2.45) is 5.92 Å². The van der Waals surface area contributed by atoms with Crippen molar-refractivity contribution in [3.63, 3.8) is 0 Å². The van der Waals surface area contributed by atoms with Crippen molar-refractivity contribution in [2.45, 2.75) is 50.4 Å². The molecule has 2 aromatic heterocycles. The molecule has 0 spiro atoms. The number of carbonyl (C=O) groups excluding carboxylic acids is 1. The lowest BCUT2D eigenvalue weighted by Gasteiger charge is -2.40. The molecule has 1 saturated carbocycles. The summed E-state index contributed by atoms with van der Waals surface area (Å²) in [5, 5.41) is 10.5. The smallest absolute Gasteiger partial charge is 0.385 e. The summed E-state index contributed by atoms with van der Waals surface area (Å²) < 4.78 is 38.8. The van der Waals surface area contributed by atoms with Crippen LogP contribution in [0.15, 0.2) is 30.9 Å². The normalized spacial score (nSPS) is 20.1. The van der Waals surface area contributed by atoms with Crippen LogP contribution in [-0.2, 0) is 23.8 Å². The molecule has 0 radical (unpaired) electrons. The van der Waals surface area contributed by atoms with E-state index in [4.69, 9.17) is 0 Å². The zero-order valence-electron chi connectivity index (χ0n) is 15.6. The Morgan fingerprint density at radius 2 is 1.93 bits per heavy atom. The van der Waals surface area contributed by atoms with Crippen LogP contribution in [0.1, 0.15) is 47.9 Å². The van der Waals surface area contributed by atoms with Gasteiger partial charge in [0.15, 0.2) is 0 Å². The Labute approximate surface area is 165 Å². The van der Waals surface area contributed by atoms with E-state index in [1.165, 1.54) is 24.8 Å². The molecule has 154 valence electrons. The fourth-order valence-corrected chi connectivity index (χ4v) is 3.95. The SMILES string of the molecule is O=C(C1Cc2cnc(C(F)(F)F)cc2C1)N(CC(O)c1cnccn1)C1CCC1. The van der Waals surface area contributed by atoms with Gasteiger partial charge in [-0.3, -0.25) is 19.7 Å². The first-order valence-electron chi connectivity index (χ1n) is 9.62. The minimum absolute atomic E-state index is 0.0430. The van der Waals surface area contributed by atoms with Crippen LogP contribution in [-0.4, -0.2) is 43.5 Å². The van der Waals surface area contributed by atoms with E-state index in [-0.39, 0.29) is 24.9 Å². The summed E-state index contributed by atoms with van der Waals surface area (Å²) in [4.78, 5) is 26.5. The molecule has 9 heteroatoms. The monoisotopic (exact) mass is 406 g/mol. The van der Waals surface area contributed by atoms with Gasteiger partial charge >= 0.3 is 6.18 Å². The summed E-state index contributed by atoms with van der Waals surface area (Å²) in [6, 6.07) is 1.09. The fraction of sp³-hybridized carbons (Fsp3) is 0.500. The molecular weight excluding hydrogens is 385 g/mol. The molecule has 6 nitrogen and oxygen atoms in total. The highest BCUT2D eigenvalue weighted by Gasteiger charge is 2.39. The largest absolute Gasteiger partial charge is 0.433 e. The first-order chi connectivity index (χ1) is 13.8. The van der Waals surface area contributed by atoms with Gasteiger partial charge < -0.3 is 10.0 Å². The molecule has 0 aromatic carbocycles. The summed E-state index contributed by atoms with van der Waals surface area (Å²) in [6.07, 6.45) is 3.56. The van der Waals surface area contributed by atoms with E-state index in [0.717, 1.165) is 25.3 Å². The molecule has 29 heavy (non-hydrogen) atoms. The number of aliphatic hydroxyl groups excluding tert-OH is 1. The number of halogens is 3. The molecule has 2 aliphatic rings. The van der Waals surface area contributed by atoms with Crippen LogP contribution >= 0.6 is 0 Å². The van der Waals surface area contributed by atoms with Gasteiger partial charge in [-0.05, 0) is 49.3 Å². The molecule has 0 aliphatic heterocycles. The summed E-state index contributed by atoms with van der Waals surface area (Å²) in [5.41, 5.74) is 0.657. The fourth-order valence-electron chi connectivity index (χ4n) is 3.95. The average molecular weight is 406 g/mol. The molecule has 0 saturated heterocycles.